The summed E-state index contributed by atoms with van der Waals surface area (Å²) in [6.45, 7) is 2.61. The molecule has 28 heavy (non-hydrogen) atoms. The average molecular weight is 374 g/mol. The zero-order valence-corrected chi connectivity index (χ0v) is 15.3. The van der Waals surface area contributed by atoms with Crippen molar-refractivity contribution in [1.29, 1.82) is 0 Å². The molecule has 0 radical (unpaired) electrons. The molecule has 5 nitrogen and oxygen atoms in total. The Morgan fingerprint density at radius 1 is 1.21 bits per heavy atom. The van der Waals surface area contributed by atoms with Crippen molar-refractivity contribution in [1.82, 2.24) is 4.98 Å². The summed E-state index contributed by atoms with van der Waals surface area (Å²) in [4.78, 5) is 20.9. The topological polar surface area (TPSA) is 66.4 Å². The van der Waals surface area contributed by atoms with Crippen molar-refractivity contribution >= 4 is 29.2 Å². The number of hydrogen-bond acceptors (Lipinski definition) is 4. The molecule has 0 bridgehead atoms. The number of pyridine rings is 1. The highest BCUT2D eigenvalue weighted by Gasteiger charge is 2.31. The molecule has 6 heteroatoms. The number of nitrogens with zero attached hydrogens (tertiary/aromatic N) is 2. The number of aromatic nitrogens is 1. The maximum Gasteiger partial charge on any atom is 0.237 e. The van der Waals surface area contributed by atoms with Crippen LogP contribution in [0.4, 0.5) is 21.5 Å². The Hall–Kier alpha value is -3.54. The predicted molar refractivity (Wildman–Crippen MR) is 109 cm³/mol. The Labute approximate surface area is 162 Å². The monoisotopic (exact) mass is 374 g/mol. The molecule has 1 amide bonds. The van der Waals surface area contributed by atoms with Crippen molar-refractivity contribution in [3.8, 4) is 0 Å². The minimum absolute atomic E-state index is 0.269. The van der Waals surface area contributed by atoms with Gasteiger partial charge in [0.25, 0.3) is 0 Å². The van der Waals surface area contributed by atoms with Crippen LogP contribution in [0.1, 0.15) is 22.7 Å². The molecule has 1 aliphatic rings. The Bertz CT molecular complexity index is 1050. The first-order valence-electron chi connectivity index (χ1n) is 9.00. The SMILES string of the molecule is Cc1cc(N=CC2C(=O)Nc3cccc(F)c32)ccc1NCc1ccccn1. The van der Waals surface area contributed by atoms with Gasteiger partial charge in [-0.25, -0.2) is 4.39 Å². The summed E-state index contributed by atoms with van der Waals surface area (Å²) in [5.41, 5.74) is 4.52. The number of fused-ring (bicyclic) bond motifs is 1. The van der Waals surface area contributed by atoms with Gasteiger partial charge in [0, 0.05) is 29.3 Å². The lowest BCUT2D eigenvalue weighted by molar-refractivity contribution is -0.115. The van der Waals surface area contributed by atoms with Gasteiger partial charge in [-0.3, -0.25) is 14.8 Å². The van der Waals surface area contributed by atoms with Gasteiger partial charge < -0.3 is 10.6 Å². The fraction of sp³-hybridized carbons (Fsp3) is 0.136. The number of anilines is 2. The molecule has 1 unspecified atom stereocenters. The molecule has 0 fully saturated rings. The van der Waals surface area contributed by atoms with E-state index < -0.39 is 11.7 Å². The fourth-order valence-electron chi connectivity index (χ4n) is 3.22. The molecule has 3 aromatic rings. The van der Waals surface area contributed by atoms with Crippen molar-refractivity contribution in [2.75, 3.05) is 10.6 Å². The Morgan fingerprint density at radius 3 is 2.89 bits per heavy atom. The van der Waals surface area contributed by atoms with Crippen LogP contribution in [-0.4, -0.2) is 17.1 Å². The third kappa shape index (κ3) is 3.62. The lowest BCUT2D eigenvalue weighted by atomic mass is 10.0. The predicted octanol–water partition coefficient (Wildman–Crippen LogP) is 4.58. The van der Waals surface area contributed by atoms with Crippen LogP contribution in [0.15, 0.2) is 65.8 Å². The lowest BCUT2D eigenvalue weighted by Crippen LogP contribution is -2.13. The number of nitrogens with one attached hydrogen (secondary N) is 2. The van der Waals surface area contributed by atoms with Crippen LogP contribution in [0.5, 0.6) is 0 Å². The molecular weight excluding hydrogens is 355 g/mol. The van der Waals surface area contributed by atoms with Gasteiger partial charge in [0.05, 0.1) is 17.9 Å². The number of carbonyl (C=O) groups is 1. The van der Waals surface area contributed by atoms with Gasteiger partial charge in [-0.2, -0.15) is 0 Å². The van der Waals surface area contributed by atoms with E-state index in [1.165, 1.54) is 12.3 Å². The minimum atomic E-state index is -0.724. The van der Waals surface area contributed by atoms with E-state index >= 15 is 0 Å². The van der Waals surface area contributed by atoms with Gasteiger partial charge in [0.2, 0.25) is 5.91 Å². The highest BCUT2D eigenvalue weighted by molar-refractivity contribution is 6.12. The molecule has 4 rings (SSSR count). The molecule has 2 N–H and O–H groups in total. The average Bonchev–Trinajstić information content (AvgIpc) is 3.03. The van der Waals surface area contributed by atoms with Gasteiger partial charge in [-0.1, -0.05) is 12.1 Å². The third-order valence-electron chi connectivity index (χ3n) is 4.67. The number of amides is 1. The normalized spacial score (nSPS) is 15.5. The fourth-order valence-corrected chi connectivity index (χ4v) is 3.22. The maximum atomic E-state index is 14.1. The van der Waals surface area contributed by atoms with Crippen molar-refractivity contribution in [3.63, 3.8) is 0 Å². The Morgan fingerprint density at radius 2 is 2.11 bits per heavy atom. The van der Waals surface area contributed by atoms with Crippen molar-refractivity contribution in [2.24, 2.45) is 4.99 Å². The van der Waals surface area contributed by atoms with Crippen molar-refractivity contribution < 1.29 is 9.18 Å². The first-order valence-corrected chi connectivity index (χ1v) is 9.00. The summed E-state index contributed by atoms with van der Waals surface area (Å²) in [6.07, 6.45) is 3.27. The molecule has 1 aliphatic heterocycles. The van der Waals surface area contributed by atoms with E-state index in [1.807, 2.05) is 43.3 Å². The van der Waals surface area contributed by atoms with E-state index in [1.54, 1.807) is 18.3 Å². The number of benzene rings is 2. The molecule has 1 atom stereocenters. The highest BCUT2D eigenvalue weighted by Crippen LogP contribution is 2.34. The van der Waals surface area contributed by atoms with Gasteiger partial charge >= 0.3 is 0 Å². The van der Waals surface area contributed by atoms with Gasteiger partial charge in [0.1, 0.15) is 11.7 Å². The van der Waals surface area contributed by atoms with E-state index in [-0.39, 0.29) is 5.91 Å². The zero-order valence-electron chi connectivity index (χ0n) is 15.3. The highest BCUT2D eigenvalue weighted by atomic mass is 19.1. The summed E-state index contributed by atoms with van der Waals surface area (Å²) < 4.78 is 14.1. The third-order valence-corrected chi connectivity index (χ3v) is 4.67. The second kappa shape index (κ2) is 7.60. The molecule has 0 saturated heterocycles. The van der Waals surface area contributed by atoms with Crippen LogP contribution in [-0.2, 0) is 11.3 Å². The van der Waals surface area contributed by atoms with Gasteiger partial charge in [-0.05, 0) is 55.0 Å². The first kappa shape index (κ1) is 17.9. The second-order valence-electron chi connectivity index (χ2n) is 6.62. The van der Waals surface area contributed by atoms with E-state index in [4.69, 9.17) is 0 Å². The smallest absolute Gasteiger partial charge is 0.237 e. The molecule has 2 heterocycles. The van der Waals surface area contributed by atoms with Crippen molar-refractivity contribution in [2.45, 2.75) is 19.4 Å². The van der Waals surface area contributed by atoms with Crippen LogP contribution in [0, 0.1) is 12.7 Å². The molecule has 0 aliphatic carbocycles. The molecule has 140 valence electrons. The number of carbonyl (C=O) groups excluding carboxylic acids is 1. The maximum absolute atomic E-state index is 14.1. The summed E-state index contributed by atoms with van der Waals surface area (Å²) in [7, 11) is 0. The molecular formula is C22H19FN4O. The van der Waals surface area contributed by atoms with E-state index in [0.717, 1.165) is 16.9 Å². The summed E-state index contributed by atoms with van der Waals surface area (Å²) in [5.74, 6) is -1.40. The quantitative estimate of drug-likeness (QED) is 0.643. The van der Waals surface area contributed by atoms with E-state index in [2.05, 4.69) is 20.6 Å². The zero-order chi connectivity index (χ0) is 19.5. The van der Waals surface area contributed by atoms with E-state index in [9.17, 15) is 9.18 Å². The van der Waals surface area contributed by atoms with Crippen LogP contribution in [0.25, 0.3) is 0 Å². The Balaban J connectivity index is 1.49. The molecule has 0 spiro atoms. The van der Waals surface area contributed by atoms with Crippen LogP contribution in [0.2, 0.25) is 0 Å². The number of aryl methyl sites for hydroxylation is 1. The van der Waals surface area contributed by atoms with Crippen LogP contribution >= 0.6 is 0 Å². The standard InChI is InChI=1S/C22H19FN4O/c1-14-11-15(8-9-19(14)26-12-16-5-2-3-10-24-16)25-13-17-21-18(23)6-4-7-20(21)27-22(17)28/h2-11,13,17,26H,12H2,1H3,(H,27,28). The van der Waals surface area contributed by atoms with E-state index in [0.29, 0.717) is 23.5 Å². The number of hydrogen-bond donors (Lipinski definition) is 2. The first-order chi connectivity index (χ1) is 13.6. The number of halogens is 1. The number of rotatable bonds is 5. The molecule has 0 saturated carbocycles. The summed E-state index contributed by atoms with van der Waals surface area (Å²) >= 11 is 0. The summed E-state index contributed by atoms with van der Waals surface area (Å²) in [6, 6.07) is 16.1. The van der Waals surface area contributed by atoms with Gasteiger partial charge in [-0.15, -0.1) is 0 Å². The number of aliphatic imine (C=N–C) groups is 1. The minimum Gasteiger partial charge on any atom is -0.379 e. The second-order valence-corrected chi connectivity index (χ2v) is 6.62. The molecule has 2 aromatic carbocycles. The summed E-state index contributed by atoms with van der Waals surface area (Å²) in [5, 5.41) is 6.04. The van der Waals surface area contributed by atoms with Crippen molar-refractivity contribution in [3.05, 3.63) is 83.4 Å². The Kier molecular flexibility index (Phi) is 4.85. The van der Waals surface area contributed by atoms with Gasteiger partial charge in [0.15, 0.2) is 0 Å². The van der Waals surface area contributed by atoms with Crippen LogP contribution < -0.4 is 10.6 Å². The molecule has 1 aromatic heterocycles. The largest absolute Gasteiger partial charge is 0.379 e. The van der Waals surface area contributed by atoms with Crippen LogP contribution in [0.3, 0.4) is 0 Å². The lowest BCUT2D eigenvalue weighted by Gasteiger charge is -2.10.